The van der Waals surface area contributed by atoms with E-state index in [1.165, 1.54) is 0 Å². The molecule has 1 aromatic heterocycles. The Morgan fingerprint density at radius 3 is 3.08 bits per heavy atom. The second-order valence-electron chi connectivity index (χ2n) is 3.27. The van der Waals surface area contributed by atoms with Crippen LogP contribution in [-0.2, 0) is 11.2 Å². The normalized spacial score (nSPS) is 22.5. The molecular weight excluding hydrogens is 202 g/mol. The zero-order valence-electron chi connectivity index (χ0n) is 7.45. The molecule has 0 N–H and O–H groups in total. The minimum Gasteiger partial charge on any atom is -0.298 e. The molecule has 2 heterocycles. The third-order valence-electron chi connectivity index (χ3n) is 2.11. The van der Waals surface area contributed by atoms with Crippen molar-refractivity contribution in [1.82, 2.24) is 4.98 Å². The van der Waals surface area contributed by atoms with E-state index >= 15 is 0 Å². The van der Waals surface area contributed by atoms with Crippen LogP contribution in [-0.4, -0.2) is 22.3 Å². The van der Waals surface area contributed by atoms with Gasteiger partial charge in [0, 0.05) is 29.2 Å². The number of nitrogens with zero attached hydrogens (tertiary/aromatic N) is 1. The maximum absolute atomic E-state index is 11.3. The van der Waals surface area contributed by atoms with Crippen LogP contribution >= 0.6 is 23.1 Å². The predicted octanol–water partition coefficient (Wildman–Crippen LogP) is 1.93. The molecule has 70 valence electrons. The summed E-state index contributed by atoms with van der Waals surface area (Å²) < 4.78 is 0. The summed E-state index contributed by atoms with van der Waals surface area (Å²) in [4.78, 5) is 15.7. The molecule has 1 unspecified atom stereocenters. The van der Waals surface area contributed by atoms with Crippen molar-refractivity contribution in [2.75, 3.05) is 11.5 Å². The molecule has 2 rings (SSSR count). The van der Waals surface area contributed by atoms with E-state index in [2.05, 4.69) is 4.98 Å². The number of hydrogen-bond acceptors (Lipinski definition) is 4. The number of aromatic nitrogens is 1. The zero-order valence-corrected chi connectivity index (χ0v) is 9.08. The minimum absolute atomic E-state index is 0.232. The predicted molar refractivity (Wildman–Crippen MR) is 56.4 cm³/mol. The van der Waals surface area contributed by atoms with E-state index in [4.69, 9.17) is 0 Å². The quantitative estimate of drug-likeness (QED) is 0.752. The Kier molecular flexibility index (Phi) is 2.69. The molecule has 1 aliphatic rings. The fourth-order valence-corrected chi connectivity index (χ4v) is 3.39. The first-order chi connectivity index (χ1) is 6.25. The summed E-state index contributed by atoms with van der Waals surface area (Å²) >= 11 is 3.41. The van der Waals surface area contributed by atoms with Crippen molar-refractivity contribution in [2.24, 2.45) is 5.92 Å². The van der Waals surface area contributed by atoms with E-state index in [0.29, 0.717) is 11.5 Å². The van der Waals surface area contributed by atoms with Crippen LogP contribution in [0.2, 0.25) is 0 Å². The van der Waals surface area contributed by atoms with E-state index in [1.807, 2.05) is 12.3 Å². The van der Waals surface area contributed by atoms with Crippen LogP contribution in [0.25, 0.3) is 0 Å². The summed E-state index contributed by atoms with van der Waals surface area (Å²) in [5.41, 5.74) is 1.07. The Hall–Kier alpha value is -0.350. The van der Waals surface area contributed by atoms with Gasteiger partial charge in [0.25, 0.3) is 0 Å². The summed E-state index contributed by atoms with van der Waals surface area (Å²) in [5, 5.41) is 3.15. The molecule has 0 bridgehead atoms. The van der Waals surface area contributed by atoms with Crippen molar-refractivity contribution >= 4 is 28.9 Å². The van der Waals surface area contributed by atoms with Gasteiger partial charge in [0.1, 0.15) is 5.78 Å². The summed E-state index contributed by atoms with van der Waals surface area (Å²) in [5.74, 6) is 2.32. The van der Waals surface area contributed by atoms with Crippen molar-refractivity contribution in [3.8, 4) is 0 Å². The number of thioether (sulfide) groups is 1. The fourth-order valence-electron chi connectivity index (χ4n) is 1.39. The Morgan fingerprint density at radius 2 is 2.54 bits per heavy atom. The number of carbonyl (C=O) groups is 1. The molecule has 1 atom stereocenters. The first-order valence-corrected chi connectivity index (χ1v) is 6.30. The third-order valence-corrected chi connectivity index (χ3v) is 4.22. The zero-order chi connectivity index (χ0) is 9.26. The number of thiazole rings is 1. The number of rotatable bonds is 2. The lowest BCUT2D eigenvalue weighted by Crippen LogP contribution is -2.13. The summed E-state index contributed by atoms with van der Waals surface area (Å²) in [6.45, 7) is 1.99. The first kappa shape index (κ1) is 9.21. The van der Waals surface area contributed by atoms with Gasteiger partial charge in [-0.15, -0.1) is 11.3 Å². The highest BCUT2D eigenvalue weighted by molar-refractivity contribution is 8.00. The topological polar surface area (TPSA) is 30.0 Å². The number of aryl methyl sites for hydroxylation is 1. The summed E-state index contributed by atoms with van der Waals surface area (Å²) in [6.07, 6.45) is 0.852. The van der Waals surface area contributed by atoms with Crippen molar-refractivity contribution in [2.45, 2.75) is 13.3 Å². The second-order valence-corrected chi connectivity index (χ2v) is 5.24. The lowest BCUT2D eigenvalue weighted by atomic mass is 10.0. The molecule has 1 aromatic rings. The van der Waals surface area contributed by atoms with Crippen LogP contribution < -0.4 is 0 Å². The maximum atomic E-state index is 11.3. The fraction of sp³-hybridized carbons (Fsp3) is 0.556. The molecule has 2 nitrogen and oxygen atoms in total. The molecule has 1 saturated heterocycles. The lowest BCUT2D eigenvalue weighted by Gasteiger charge is -2.02. The Morgan fingerprint density at radius 1 is 1.69 bits per heavy atom. The van der Waals surface area contributed by atoms with Crippen LogP contribution in [0.4, 0.5) is 0 Å². The highest BCUT2D eigenvalue weighted by Gasteiger charge is 2.25. The molecule has 0 saturated carbocycles. The largest absolute Gasteiger partial charge is 0.298 e. The Bertz CT molecular complexity index is 321. The van der Waals surface area contributed by atoms with E-state index in [-0.39, 0.29) is 5.92 Å². The van der Waals surface area contributed by atoms with Gasteiger partial charge in [-0.3, -0.25) is 4.79 Å². The van der Waals surface area contributed by atoms with Gasteiger partial charge in [-0.25, -0.2) is 4.98 Å². The number of Topliss-reactive ketones (excluding diaryl/α,β-unsaturated/α-hetero) is 1. The Balaban J connectivity index is 2.01. The van der Waals surface area contributed by atoms with Crippen LogP contribution in [0.15, 0.2) is 5.38 Å². The van der Waals surface area contributed by atoms with Gasteiger partial charge in [0.2, 0.25) is 0 Å². The monoisotopic (exact) mass is 213 g/mol. The Labute approximate surface area is 85.8 Å². The molecular formula is C9H11NOS2. The lowest BCUT2D eigenvalue weighted by molar-refractivity contribution is -0.119. The van der Waals surface area contributed by atoms with E-state index in [0.717, 1.165) is 22.9 Å². The standard InChI is InChI=1S/C9H11NOS2/c1-6-3-13-9(10-6)2-7-4-12-5-8(7)11/h3,7H,2,4-5H2,1H3. The number of ketones is 1. The summed E-state index contributed by atoms with van der Waals surface area (Å²) in [6, 6.07) is 0. The van der Waals surface area contributed by atoms with Gasteiger partial charge >= 0.3 is 0 Å². The van der Waals surface area contributed by atoms with Crippen LogP contribution in [0.1, 0.15) is 10.7 Å². The van der Waals surface area contributed by atoms with Gasteiger partial charge in [0.05, 0.1) is 10.8 Å². The molecule has 4 heteroatoms. The second kappa shape index (κ2) is 3.80. The molecule has 0 aliphatic carbocycles. The molecule has 0 aromatic carbocycles. The van der Waals surface area contributed by atoms with E-state index in [9.17, 15) is 4.79 Å². The highest BCUT2D eigenvalue weighted by Crippen LogP contribution is 2.24. The van der Waals surface area contributed by atoms with Gasteiger partial charge in [0.15, 0.2) is 0 Å². The van der Waals surface area contributed by atoms with Crippen molar-refractivity contribution in [1.29, 1.82) is 0 Å². The molecule has 0 spiro atoms. The first-order valence-electron chi connectivity index (χ1n) is 4.27. The van der Waals surface area contributed by atoms with E-state index < -0.39 is 0 Å². The highest BCUT2D eigenvalue weighted by atomic mass is 32.2. The van der Waals surface area contributed by atoms with Crippen molar-refractivity contribution < 1.29 is 4.79 Å². The average Bonchev–Trinajstić information content (AvgIpc) is 2.64. The molecule has 0 amide bonds. The van der Waals surface area contributed by atoms with Crippen LogP contribution in [0.5, 0.6) is 0 Å². The van der Waals surface area contributed by atoms with Crippen molar-refractivity contribution in [3.63, 3.8) is 0 Å². The minimum atomic E-state index is 0.232. The van der Waals surface area contributed by atoms with Crippen LogP contribution in [0, 0.1) is 12.8 Å². The van der Waals surface area contributed by atoms with E-state index in [1.54, 1.807) is 23.1 Å². The summed E-state index contributed by atoms with van der Waals surface area (Å²) in [7, 11) is 0. The van der Waals surface area contributed by atoms with Gasteiger partial charge in [-0.1, -0.05) is 0 Å². The van der Waals surface area contributed by atoms with Gasteiger partial charge < -0.3 is 0 Å². The van der Waals surface area contributed by atoms with Crippen molar-refractivity contribution in [3.05, 3.63) is 16.1 Å². The maximum Gasteiger partial charge on any atom is 0.147 e. The molecule has 13 heavy (non-hydrogen) atoms. The van der Waals surface area contributed by atoms with Gasteiger partial charge in [-0.2, -0.15) is 11.8 Å². The van der Waals surface area contributed by atoms with Gasteiger partial charge in [-0.05, 0) is 6.92 Å². The number of carbonyl (C=O) groups excluding carboxylic acids is 1. The molecule has 1 fully saturated rings. The average molecular weight is 213 g/mol. The molecule has 0 radical (unpaired) electrons. The smallest absolute Gasteiger partial charge is 0.147 e. The number of hydrogen-bond donors (Lipinski definition) is 0. The van der Waals surface area contributed by atoms with Crippen LogP contribution in [0.3, 0.4) is 0 Å². The SMILES string of the molecule is Cc1csc(CC2CSCC2=O)n1. The third kappa shape index (κ3) is 2.11. The molecule has 1 aliphatic heterocycles.